The topological polar surface area (TPSA) is 86.8 Å². The van der Waals surface area contributed by atoms with Gasteiger partial charge < -0.3 is 10.2 Å². The SMILES string of the molecule is Cc1ccc(S(=O)(=O)N(CC(=O)N(Cc2c(Cl)cccc2Cl)C(C)C(=O)NC2CCCC2)c2ccc(Cl)cc2)cc1. The second kappa shape index (κ2) is 13.5. The van der Waals surface area contributed by atoms with Gasteiger partial charge in [0.1, 0.15) is 12.6 Å². The van der Waals surface area contributed by atoms with Crippen LogP contribution in [-0.4, -0.2) is 43.8 Å². The standard InChI is InChI=1S/C30H32Cl3N3O4S/c1-20-10-16-25(17-11-20)41(39,40)36(24-14-12-22(31)13-15-24)19-29(37)35(18-26-27(32)8-5-9-28(26)33)21(2)30(38)34-23-6-3-4-7-23/h5,8-17,21,23H,3-4,6-7,18-19H2,1-2H3,(H,34,38). The van der Waals surface area contributed by atoms with Gasteiger partial charge in [-0.05, 0) is 75.2 Å². The number of benzene rings is 3. The molecule has 3 aromatic rings. The third-order valence-electron chi connectivity index (χ3n) is 7.26. The molecule has 3 aromatic carbocycles. The first kappa shape index (κ1) is 31.2. The van der Waals surface area contributed by atoms with E-state index < -0.39 is 28.5 Å². The van der Waals surface area contributed by atoms with Crippen LogP contribution in [0.3, 0.4) is 0 Å². The van der Waals surface area contributed by atoms with Gasteiger partial charge >= 0.3 is 0 Å². The molecule has 0 spiro atoms. The monoisotopic (exact) mass is 635 g/mol. The number of rotatable bonds is 10. The maximum absolute atomic E-state index is 14.1. The second-order valence-electron chi connectivity index (χ2n) is 10.2. The van der Waals surface area contributed by atoms with E-state index in [9.17, 15) is 18.0 Å². The summed E-state index contributed by atoms with van der Waals surface area (Å²) in [5.74, 6) is -0.923. The molecule has 0 heterocycles. The zero-order valence-corrected chi connectivity index (χ0v) is 25.9. The Labute approximate surface area is 256 Å². The minimum absolute atomic E-state index is 0.0265. The van der Waals surface area contributed by atoms with Crippen molar-refractivity contribution in [1.82, 2.24) is 10.2 Å². The fourth-order valence-electron chi connectivity index (χ4n) is 4.80. The first-order valence-electron chi connectivity index (χ1n) is 13.3. The molecule has 0 saturated heterocycles. The highest BCUT2D eigenvalue weighted by atomic mass is 35.5. The normalized spacial score (nSPS) is 14.5. The average molecular weight is 637 g/mol. The lowest BCUT2D eigenvalue weighted by Crippen LogP contribution is -2.52. The zero-order chi connectivity index (χ0) is 29.7. The highest BCUT2D eigenvalue weighted by Crippen LogP contribution is 2.29. The van der Waals surface area contributed by atoms with Crippen molar-refractivity contribution in [3.63, 3.8) is 0 Å². The summed E-state index contributed by atoms with van der Waals surface area (Å²) in [6.07, 6.45) is 3.82. The van der Waals surface area contributed by atoms with Crippen molar-refractivity contribution in [2.75, 3.05) is 10.8 Å². The molecule has 1 saturated carbocycles. The van der Waals surface area contributed by atoms with Crippen molar-refractivity contribution >= 4 is 62.3 Å². The maximum atomic E-state index is 14.1. The summed E-state index contributed by atoms with van der Waals surface area (Å²) in [6.45, 7) is 2.82. The second-order valence-corrected chi connectivity index (χ2v) is 13.3. The van der Waals surface area contributed by atoms with Crippen LogP contribution in [0, 0.1) is 6.92 Å². The molecule has 1 unspecified atom stereocenters. The van der Waals surface area contributed by atoms with Crippen LogP contribution in [0.1, 0.15) is 43.7 Å². The molecule has 0 aliphatic heterocycles. The molecular formula is C30H32Cl3N3O4S. The van der Waals surface area contributed by atoms with E-state index in [1.54, 1.807) is 49.4 Å². The van der Waals surface area contributed by atoms with Crippen LogP contribution in [0.2, 0.25) is 15.1 Å². The number of carbonyl (C=O) groups excluding carboxylic acids is 2. The molecule has 41 heavy (non-hydrogen) atoms. The molecule has 4 rings (SSSR count). The number of anilines is 1. The molecule has 1 atom stereocenters. The molecule has 2 amide bonds. The summed E-state index contributed by atoms with van der Waals surface area (Å²) in [4.78, 5) is 28.7. The van der Waals surface area contributed by atoms with Crippen molar-refractivity contribution in [3.8, 4) is 0 Å². The molecule has 1 fully saturated rings. The van der Waals surface area contributed by atoms with Crippen LogP contribution < -0.4 is 9.62 Å². The van der Waals surface area contributed by atoms with Gasteiger partial charge in [-0.25, -0.2) is 8.42 Å². The quantitative estimate of drug-likeness (QED) is 0.271. The number of hydrogen-bond acceptors (Lipinski definition) is 4. The predicted molar refractivity (Wildman–Crippen MR) is 164 cm³/mol. The first-order valence-corrected chi connectivity index (χ1v) is 15.9. The number of hydrogen-bond donors (Lipinski definition) is 1. The smallest absolute Gasteiger partial charge is 0.264 e. The molecule has 1 aliphatic rings. The molecule has 0 bridgehead atoms. The van der Waals surface area contributed by atoms with E-state index in [-0.39, 0.29) is 29.1 Å². The Morgan fingerprint density at radius 3 is 2.10 bits per heavy atom. The first-order chi connectivity index (χ1) is 19.5. The average Bonchev–Trinajstić information content (AvgIpc) is 3.45. The Bertz CT molecular complexity index is 1470. The van der Waals surface area contributed by atoms with Crippen LogP contribution in [0.25, 0.3) is 0 Å². The Hall–Kier alpha value is -2.78. The molecule has 11 heteroatoms. The van der Waals surface area contributed by atoms with Crippen LogP contribution in [0.4, 0.5) is 5.69 Å². The number of nitrogens with zero attached hydrogens (tertiary/aromatic N) is 2. The Morgan fingerprint density at radius 2 is 1.51 bits per heavy atom. The molecule has 1 aliphatic carbocycles. The Kier molecular flexibility index (Phi) is 10.2. The predicted octanol–water partition coefficient (Wildman–Crippen LogP) is 6.63. The highest BCUT2D eigenvalue weighted by Gasteiger charge is 2.34. The van der Waals surface area contributed by atoms with E-state index >= 15 is 0 Å². The van der Waals surface area contributed by atoms with Crippen molar-refractivity contribution in [1.29, 1.82) is 0 Å². The molecule has 7 nitrogen and oxygen atoms in total. The third-order valence-corrected chi connectivity index (χ3v) is 10.0. The van der Waals surface area contributed by atoms with E-state index in [1.807, 2.05) is 6.92 Å². The minimum Gasteiger partial charge on any atom is -0.352 e. The number of sulfonamides is 1. The lowest BCUT2D eigenvalue weighted by molar-refractivity contribution is -0.139. The van der Waals surface area contributed by atoms with Gasteiger partial charge in [0, 0.05) is 33.2 Å². The van der Waals surface area contributed by atoms with Gasteiger partial charge in [-0.15, -0.1) is 0 Å². The van der Waals surface area contributed by atoms with Gasteiger partial charge in [-0.1, -0.05) is 71.4 Å². The number of carbonyl (C=O) groups is 2. The molecular weight excluding hydrogens is 605 g/mol. The van der Waals surface area contributed by atoms with Gasteiger partial charge in [-0.3, -0.25) is 13.9 Å². The van der Waals surface area contributed by atoms with Crippen LogP contribution >= 0.6 is 34.8 Å². The van der Waals surface area contributed by atoms with Crippen LogP contribution in [0.15, 0.2) is 71.6 Å². The van der Waals surface area contributed by atoms with E-state index in [0.717, 1.165) is 35.6 Å². The van der Waals surface area contributed by atoms with E-state index in [0.29, 0.717) is 20.6 Å². The number of nitrogens with one attached hydrogen (secondary N) is 1. The Balaban J connectivity index is 1.71. The van der Waals surface area contributed by atoms with Crippen LogP contribution in [-0.2, 0) is 26.2 Å². The van der Waals surface area contributed by atoms with Crippen molar-refractivity contribution in [3.05, 3.63) is 92.9 Å². The van der Waals surface area contributed by atoms with Gasteiger partial charge in [0.15, 0.2) is 0 Å². The Morgan fingerprint density at radius 1 is 0.927 bits per heavy atom. The van der Waals surface area contributed by atoms with E-state index in [1.165, 1.54) is 29.2 Å². The molecule has 218 valence electrons. The minimum atomic E-state index is -4.18. The zero-order valence-electron chi connectivity index (χ0n) is 22.8. The van der Waals surface area contributed by atoms with E-state index in [4.69, 9.17) is 34.8 Å². The summed E-state index contributed by atoms with van der Waals surface area (Å²) in [5.41, 5.74) is 1.61. The summed E-state index contributed by atoms with van der Waals surface area (Å²) in [6, 6.07) is 16.7. The van der Waals surface area contributed by atoms with Gasteiger partial charge in [0.2, 0.25) is 11.8 Å². The summed E-state index contributed by atoms with van der Waals surface area (Å²) >= 11 is 19.0. The number of amides is 2. The van der Waals surface area contributed by atoms with Gasteiger partial charge in [0.25, 0.3) is 10.0 Å². The van der Waals surface area contributed by atoms with Crippen molar-refractivity contribution < 1.29 is 18.0 Å². The van der Waals surface area contributed by atoms with Crippen molar-refractivity contribution in [2.45, 2.75) is 63.1 Å². The van der Waals surface area contributed by atoms with Crippen LogP contribution in [0.5, 0.6) is 0 Å². The highest BCUT2D eigenvalue weighted by molar-refractivity contribution is 7.92. The van der Waals surface area contributed by atoms with Crippen molar-refractivity contribution in [2.24, 2.45) is 0 Å². The summed E-state index contributed by atoms with van der Waals surface area (Å²) in [7, 11) is -4.18. The van der Waals surface area contributed by atoms with Gasteiger partial charge in [0.05, 0.1) is 10.6 Å². The molecule has 1 N–H and O–H groups in total. The largest absolute Gasteiger partial charge is 0.352 e. The molecule has 0 radical (unpaired) electrons. The number of halogens is 3. The maximum Gasteiger partial charge on any atom is 0.264 e. The summed E-state index contributed by atoms with van der Waals surface area (Å²) in [5, 5.41) is 4.12. The number of aryl methyl sites for hydroxylation is 1. The molecule has 0 aromatic heterocycles. The third kappa shape index (κ3) is 7.55. The van der Waals surface area contributed by atoms with Gasteiger partial charge in [-0.2, -0.15) is 0 Å². The fraction of sp³-hybridized carbons (Fsp3) is 0.333. The lowest BCUT2D eigenvalue weighted by atomic mass is 10.1. The lowest BCUT2D eigenvalue weighted by Gasteiger charge is -2.33. The summed E-state index contributed by atoms with van der Waals surface area (Å²) < 4.78 is 28.8. The fourth-order valence-corrected chi connectivity index (χ4v) is 6.86. The van der Waals surface area contributed by atoms with E-state index in [2.05, 4.69) is 5.32 Å².